The molecule has 2 atom stereocenters. The molecule has 0 bridgehead atoms. The monoisotopic (exact) mass is 274 g/mol. The molecule has 0 radical (unpaired) electrons. The summed E-state index contributed by atoms with van der Waals surface area (Å²) in [6.07, 6.45) is -2.90. The number of halogens is 2. The number of anilines is 1. The Hall–Kier alpha value is -1.73. The number of nitrogens with one attached hydrogen (secondary N) is 1. The third-order valence-corrected chi connectivity index (χ3v) is 2.60. The summed E-state index contributed by atoms with van der Waals surface area (Å²) in [4.78, 5) is 10.6. The van der Waals surface area contributed by atoms with Crippen LogP contribution in [-0.2, 0) is 4.79 Å². The van der Waals surface area contributed by atoms with E-state index in [0.717, 1.165) is 6.07 Å². The molecule has 5 nitrogen and oxygen atoms in total. The molecule has 0 aliphatic heterocycles. The second-order valence-corrected chi connectivity index (χ2v) is 4.17. The molecule has 0 saturated heterocycles. The average Bonchev–Trinajstić information content (AvgIpc) is 2.26. The van der Waals surface area contributed by atoms with Gasteiger partial charge in [-0.1, -0.05) is 0 Å². The number of aliphatic hydroxyl groups is 2. The van der Waals surface area contributed by atoms with Gasteiger partial charge in [-0.2, -0.15) is 0 Å². The Balaban J connectivity index is 2.76. The zero-order valence-electron chi connectivity index (χ0n) is 10.4. The second kappa shape index (κ2) is 6.44. The summed E-state index contributed by atoms with van der Waals surface area (Å²) >= 11 is 0. The van der Waals surface area contributed by atoms with E-state index in [1.165, 1.54) is 6.92 Å². The molecule has 5 N–H and O–H groups in total. The van der Waals surface area contributed by atoms with E-state index in [1.807, 2.05) is 0 Å². The van der Waals surface area contributed by atoms with Crippen LogP contribution in [0.15, 0.2) is 12.1 Å². The minimum absolute atomic E-state index is 0.0109. The van der Waals surface area contributed by atoms with Crippen molar-refractivity contribution in [3.05, 3.63) is 29.3 Å². The van der Waals surface area contributed by atoms with Gasteiger partial charge in [0, 0.05) is 30.8 Å². The highest BCUT2D eigenvalue weighted by Gasteiger charge is 2.24. The summed E-state index contributed by atoms with van der Waals surface area (Å²) < 4.78 is 26.4. The summed E-state index contributed by atoms with van der Waals surface area (Å²) in [5.74, 6) is -2.17. The number of amides is 1. The van der Waals surface area contributed by atoms with Crippen LogP contribution in [0.5, 0.6) is 0 Å². The Bertz CT molecular complexity index is 445. The van der Waals surface area contributed by atoms with Crippen LogP contribution < -0.4 is 11.1 Å². The summed E-state index contributed by atoms with van der Waals surface area (Å²) in [5, 5.41) is 21.9. The fourth-order valence-corrected chi connectivity index (χ4v) is 1.66. The summed E-state index contributed by atoms with van der Waals surface area (Å²) in [6, 6.07) is 1.44. The maximum absolute atomic E-state index is 13.5. The van der Waals surface area contributed by atoms with Crippen molar-refractivity contribution < 1.29 is 23.8 Å². The van der Waals surface area contributed by atoms with Crippen molar-refractivity contribution in [2.45, 2.75) is 25.6 Å². The first-order valence-electron chi connectivity index (χ1n) is 5.68. The number of rotatable bonds is 5. The van der Waals surface area contributed by atoms with Crippen molar-refractivity contribution in [3.63, 3.8) is 0 Å². The van der Waals surface area contributed by atoms with Crippen LogP contribution in [0.1, 0.15) is 25.0 Å². The van der Waals surface area contributed by atoms with Crippen molar-refractivity contribution in [1.82, 2.24) is 5.32 Å². The molecule has 1 amide bonds. The van der Waals surface area contributed by atoms with Crippen LogP contribution in [0.2, 0.25) is 0 Å². The van der Waals surface area contributed by atoms with Crippen LogP contribution in [0, 0.1) is 11.6 Å². The van der Waals surface area contributed by atoms with Crippen LogP contribution >= 0.6 is 0 Å². The van der Waals surface area contributed by atoms with Gasteiger partial charge in [0.15, 0.2) is 0 Å². The van der Waals surface area contributed by atoms with Gasteiger partial charge in [-0.05, 0) is 12.5 Å². The lowest BCUT2D eigenvalue weighted by atomic mass is 9.99. The quantitative estimate of drug-likeness (QED) is 0.587. The summed E-state index contributed by atoms with van der Waals surface area (Å²) in [6.45, 7) is 1.43. The first-order chi connectivity index (χ1) is 8.82. The first-order valence-corrected chi connectivity index (χ1v) is 5.68. The van der Waals surface area contributed by atoms with Gasteiger partial charge < -0.3 is 21.3 Å². The van der Waals surface area contributed by atoms with Gasteiger partial charge in [-0.25, -0.2) is 8.78 Å². The molecule has 0 aromatic heterocycles. The van der Waals surface area contributed by atoms with Gasteiger partial charge >= 0.3 is 0 Å². The second-order valence-electron chi connectivity index (χ2n) is 4.17. The van der Waals surface area contributed by atoms with E-state index in [-0.39, 0.29) is 30.1 Å². The molecule has 0 spiro atoms. The van der Waals surface area contributed by atoms with E-state index in [1.54, 1.807) is 0 Å². The highest BCUT2D eigenvalue weighted by Crippen LogP contribution is 2.28. The number of hydrogen-bond acceptors (Lipinski definition) is 4. The number of nitrogen functional groups attached to an aromatic ring is 1. The molecular formula is C12H16F2N2O3. The first kappa shape index (κ1) is 15.3. The number of carbonyl (C=O) groups is 1. The van der Waals surface area contributed by atoms with Gasteiger partial charge in [-0.15, -0.1) is 0 Å². The maximum Gasteiger partial charge on any atom is 0.216 e. The lowest BCUT2D eigenvalue weighted by Crippen LogP contribution is -2.28. The summed E-state index contributed by atoms with van der Waals surface area (Å²) in [7, 11) is 0. The molecule has 0 fully saturated rings. The lowest BCUT2D eigenvalue weighted by Gasteiger charge is -2.20. The van der Waals surface area contributed by atoms with E-state index in [4.69, 9.17) is 5.73 Å². The molecule has 0 saturated carbocycles. The Morgan fingerprint density at radius 3 is 2.58 bits per heavy atom. The third-order valence-electron chi connectivity index (χ3n) is 2.60. The normalized spacial score (nSPS) is 13.9. The van der Waals surface area contributed by atoms with Crippen LogP contribution in [0.25, 0.3) is 0 Å². The van der Waals surface area contributed by atoms with Gasteiger partial charge in [0.05, 0.1) is 6.10 Å². The average molecular weight is 274 g/mol. The number of hydrogen-bond donors (Lipinski definition) is 4. The van der Waals surface area contributed by atoms with Gasteiger partial charge in [-0.3, -0.25) is 4.79 Å². The Morgan fingerprint density at radius 1 is 1.42 bits per heavy atom. The van der Waals surface area contributed by atoms with Crippen molar-refractivity contribution in [1.29, 1.82) is 0 Å². The van der Waals surface area contributed by atoms with Crippen molar-refractivity contribution in [2.75, 3.05) is 12.3 Å². The molecule has 7 heteroatoms. The van der Waals surface area contributed by atoms with E-state index >= 15 is 0 Å². The highest BCUT2D eigenvalue weighted by molar-refractivity contribution is 5.72. The Kier molecular flexibility index (Phi) is 5.20. The predicted octanol–water partition coefficient (Wildman–Crippen LogP) is 0.467. The molecule has 1 rings (SSSR count). The number of nitrogens with two attached hydrogens (primary N) is 1. The van der Waals surface area contributed by atoms with Gasteiger partial charge in [0.25, 0.3) is 0 Å². The fraction of sp³-hybridized carbons (Fsp3) is 0.417. The minimum Gasteiger partial charge on any atom is -0.398 e. The molecule has 0 aliphatic carbocycles. The molecule has 1 aromatic rings. The SMILES string of the molecule is CC(=O)NCCC(O)C(O)c1c(N)cc(F)cc1F. The zero-order valence-corrected chi connectivity index (χ0v) is 10.4. The van der Waals surface area contributed by atoms with E-state index in [0.29, 0.717) is 6.07 Å². The molecule has 0 heterocycles. The Morgan fingerprint density at radius 2 is 2.05 bits per heavy atom. The van der Waals surface area contributed by atoms with Crippen LogP contribution in [-0.4, -0.2) is 28.8 Å². The molecule has 0 aliphatic rings. The number of carbonyl (C=O) groups excluding carboxylic acids is 1. The minimum atomic E-state index is -1.59. The lowest BCUT2D eigenvalue weighted by molar-refractivity contribution is -0.119. The predicted molar refractivity (Wildman–Crippen MR) is 65.0 cm³/mol. The number of aliphatic hydroxyl groups excluding tert-OH is 2. The molecular weight excluding hydrogens is 258 g/mol. The van der Waals surface area contributed by atoms with Crippen LogP contribution in [0.4, 0.5) is 14.5 Å². The van der Waals surface area contributed by atoms with Crippen LogP contribution in [0.3, 0.4) is 0 Å². The standard InChI is InChI=1S/C12H16F2N2O3/c1-6(17)16-3-2-10(18)12(19)11-8(14)4-7(13)5-9(11)15/h4-5,10,12,18-19H,2-3,15H2,1H3,(H,16,17). The van der Waals surface area contributed by atoms with E-state index < -0.39 is 23.8 Å². The smallest absolute Gasteiger partial charge is 0.216 e. The number of benzene rings is 1. The highest BCUT2D eigenvalue weighted by atomic mass is 19.1. The Labute approximate surface area is 109 Å². The van der Waals surface area contributed by atoms with Crippen molar-refractivity contribution in [3.8, 4) is 0 Å². The maximum atomic E-state index is 13.5. The zero-order chi connectivity index (χ0) is 14.6. The largest absolute Gasteiger partial charge is 0.398 e. The van der Waals surface area contributed by atoms with Gasteiger partial charge in [0.1, 0.15) is 17.7 Å². The molecule has 1 aromatic carbocycles. The van der Waals surface area contributed by atoms with Gasteiger partial charge in [0.2, 0.25) is 5.91 Å². The molecule has 2 unspecified atom stereocenters. The molecule has 106 valence electrons. The van der Waals surface area contributed by atoms with Crippen molar-refractivity contribution in [2.24, 2.45) is 0 Å². The topological polar surface area (TPSA) is 95.6 Å². The van der Waals surface area contributed by atoms with Crippen molar-refractivity contribution >= 4 is 11.6 Å². The summed E-state index contributed by atoms with van der Waals surface area (Å²) in [5.41, 5.74) is 4.79. The fourth-order valence-electron chi connectivity index (χ4n) is 1.66. The van der Waals surface area contributed by atoms with E-state index in [9.17, 15) is 23.8 Å². The third kappa shape index (κ3) is 4.15. The molecule has 19 heavy (non-hydrogen) atoms. The van der Waals surface area contributed by atoms with E-state index in [2.05, 4.69) is 5.32 Å².